The number of nitrogens with two attached hydrogens (primary N) is 1. The fourth-order valence-corrected chi connectivity index (χ4v) is 2.23. The van der Waals surface area contributed by atoms with Gasteiger partial charge in [-0.1, -0.05) is 31.9 Å². The Morgan fingerprint density at radius 1 is 1.25 bits per heavy atom. The summed E-state index contributed by atoms with van der Waals surface area (Å²) in [6.07, 6.45) is -0.584. The van der Waals surface area contributed by atoms with E-state index in [4.69, 9.17) is 5.73 Å². The van der Waals surface area contributed by atoms with E-state index in [0.29, 0.717) is 0 Å². The highest BCUT2D eigenvalue weighted by Crippen LogP contribution is 2.23. The second-order valence-electron chi connectivity index (χ2n) is 2.45. The molecule has 0 aromatic heterocycles. The van der Waals surface area contributed by atoms with Crippen LogP contribution in [-0.4, -0.2) is 11.7 Å². The van der Waals surface area contributed by atoms with Crippen LogP contribution in [0.2, 0.25) is 0 Å². The van der Waals surface area contributed by atoms with Crippen molar-refractivity contribution in [3.8, 4) is 0 Å². The van der Waals surface area contributed by atoms with Crippen molar-refractivity contribution in [1.29, 1.82) is 0 Å². The van der Waals surface area contributed by atoms with E-state index in [1.54, 1.807) is 0 Å². The molecule has 0 heterocycles. The van der Waals surface area contributed by atoms with Crippen molar-refractivity contribution in [3.63, 3.8) is 0 Å². The third-order valence-corrected chi connectivity index (χ3v) is 2.41. The molecule has 0 spiro atoms. The van der Waals surface area contributed by atoms with Crippen LogP contribution in [0, 0.1) is 0 Å². The van der Waals surface area contributed by atoms with Crippen molar-refractivity contribution in [2.24, 2.45) is 5.73 Å². The highest BCUT2D eigenvalue weighted by atomic mass is 79.9. The van der Waals surface area contributed by atoms with E-state index < -0.39 is 6.10 Å². The Morgan fingerprint density at radius 2 is 1.75 bits per heavy atom. The number of hydrogen-bond acceptors (Lipinski definition) is 2. The van der Waals surface area contributed by atoms with E-state index in [-0.39, 0.29) is 6.54 Å². The first-order valence-electron chi connectivity index (χ1n) is 3.47. The number of aliphatic hydroxyl groups excluding tert-OH is 1. The third-order valence-electron chi connectivity index (χ3n) is 1.49. The monoisotopic (exact) mass is 293 g/mol. The first kappa shape index (κ1) is 10.2. The quantitative estimate of drug-likeness (QED) is 0.878. The molecule has 0 radical (unpaired) electrons. The fourth-order valence-electron chi connectivity index (χ4n) is 0.904. The first-order valence-corrected chi connectivity index (χ1v) is 5.06. The zero-order valence-electron chi connectivity index (χ0n) is 6.30. The summed E-state index contributed by atoms with van der Waals surface area (Å²) in [7, 11) is 0. The maximum Gasteiger partial charge on any atom is 0.0913 e. The lowest BCUT2D eigenvalue weighted by Gasteiger charge is -2.08. The smallest absolute Gasteiger partial charge is 0.0913 e. The van der Waals surface area contributed by atoms with Gasteiger partial charge in [0.05, 0.1) is 6.10 Å². The minimum atomic E-state index is -0.584. The molecule has 0 saturated carbocycles. The van der Waals surface area contributed by atoms with Crippen LogP contribution in [0.5, 0.6) is 0 Å². The van der Waals surface area contributed by atoms with Crippen LogP contribution in [0.25, 0.3) is 0 Å². The maximum atomic E-state index is 9.41. The lowest BCUT2D eigenvalue weighted by atomic mass is 10.1. The highest BCUT2D eigenvalue weighted by Gasteiger charge is 2.05. The van der Waals surface area contributed by atoms with Crippen LogP contribution in [0.3, 0.4) is 0 Å². The molecule has 0 fully saturated rings. The van der Waals surface area contributed by atoms with E-state index in [2.05, 4.69) is 31.9 Å². The summed E-state index contributed by atoms with van der Waals surface area (Å²) in [6, 6.07) is 5.61. The van der Waals surface area contributed by atoms with E-state index >= 15 is 0 Å². The number of rotatable bonds is 2. The maximum absolute atomic E-state index is 9.41. The Morgan fingerprint density at radius 3 is 2.17 bits per heavy atom. The summed E-state index contributed by atoms with van der Waals surface area (Å²) in [5.41, 5.74) is 6.14. The molecule has 1 unspecified atom stereocenters. The minimum Gasteiger partial charge on any atom is -0.387 e. The van der Waals surface area contributed by atoms with Crippen molar-refractivity contribution in [2.75, 3.05) is 6.54 Å². The largest absolute Gasteiger partial charge is 0.387 e. The average Bonchev–Trinajstić information content (AvgIpc) is 2.01. The molecule has 2 nitrogen and oxygen atoms in total. The van der Waals surface area contributed by atoms with Crippen molar-refractivity contribution >= 4 is 31.9 Å². The van der Waals surface area contributed by atoms with Gasteiger partial charge in [0.25, 0.3) is 0 Å². The molecular weight excluding hydrogens is 286 g/mol. The van der Waals surface area contributed by atoms with Gasteiger partial charge in [0.2, 0.25) is 0 Å². The van der Waals surface area contributed by atoms with Crippen LogP contribution in [0.15, 0.2) is 27.1 Å². The highest BCUT2D eigenvalue weighted by molar-refractivity contribution is 9.11. The number of benzene rings is 1. The molecule has 1 aromatic rings. The molecule has 0 amide bonds. The van der Waals surface area contributed by atoms with Crippen molar-refractivity contribution in [2.45, 2.75) is 6.10 Å². The predicted octanol–water partition coefficient (Wildman–Crippen LogP) is 2.20. The minimum absolute atomic E-state index is 0.239. The summed E-state index contributed by atoms with van der Waals surface area (Å²) in [6.45, 7) is 0.239. The Kier molecular flexibility index (Phi) is 3.71. The van der Waals surface area contributed by atoms with Crippen molar-refractivity contribution < 1.29 is 5.11 Å². The van der Waals surface area contributed by atoms with Crippen LogP contribution in [0.4, 0.5) is 0 Å². The van der Waals surface area contributed by atoms with Crippen LogP contribution in [-0.2, 0) is 0 Å². The van der Waals surface area contributed by atoms with E-state index in [9.17, 15) is 5.11 Å². The number of halogens is 2. The second-order valence-corrected chi connectivity index (χ2v) is 4.29. The van der Waals surface area contributed by atoms with Crippen LogP contribution in [0.1, 0.15) is 11.7 Å². The summed E-state index contributed by atoms with van der Waals surface area (Å²) in [5.74, 6) is 0. The Labute approximate surface area is 88.0 Å². The predicted molar refractivity (Wildman–Crippen MR) is 55.9 cm³/mol. The van der Waals surface area contributed by atoms with Crippen LogP contribution < -0.4 is 5.73 Å². The third kappa shape index (κ3) is 2.55. The molecule has 1 aromatic carbocycles. The van der Waals surface area contributed by atoms with Crippen molar-refractivity contribution in [1.82, 2.24) is 0 Å². The molecular formula is C8H9Br2NO. The number of hydrogen-bond donors (Lipinski definition) is 2. The Hall–Kier alpha value is 0.1000. The van der Waals surface area contributed by atoms with Gasteiger partial charge >= 0.3 is 0 Å². The molecule has 66 valence electrons. The molecule has 4 heteroatoms. The molecule has 3 N–H and O–H groups in total. The van der Waals surface area contributed by atoms with Gasteiger partial charge in [-0.15, -0.1) is 0 Å². The van der Waals surface area contributed by atoms with Crippen LogP contribution >= 0.6 is 31.9 Å². The zero-order valence-corrected chi connectivity index (χ0v) is 9.47. The summed E-state index contributed by atoms with van der Waals surface area (Å²) < 4.78 is 1.86. The van der Waals surface area contributed by atoms with Gasteiger partial charge in [-0.05, 0) is 23.8 Å². The molecule has 1 rings (SSSR count). The molecule has 1 atom stereocenters. The van der Waals surface area contributed by atoms with Crippen molar-refractivity contribution in [3.05, 3.63) is 32.7 Å². The Bertz CT molecular complexity index is 258. The van der Waals surface area contributed by atoms with Gasteiger partial charge in [0, 0.05) is 15.5 Å². The average molecular weight is 295 g/mol. The molecule has 0 bridgehead atoms. The molecule has 0 aliphatic heterocycles. The van der Waals surface area contributed by atoms with E-state index in [1.165, 1.54) is 0 Å². The normalized spacial score (nSPS) is 13.0. The lowest BCUT2D eigenvalue weighted by molar-refractivity contribution is 0.186. The van der Waals surface area contributed by atoms with Gasteiger partial charge in [-0.2, -0.15) is 0 Å². The molecule has 0 aliphatic carbocycles. The molecule has 12 heavy (non-hydrogen) atoms. The number of aliphatic hydroxyl groups is 1. The molecule has 0 saturated heterocycles. The van der Waals surface area contributed by atoms with Gasteiger partial charge in [0.15, 0.2) is 0 Å². The van der Waals surface area contributed by atoms with Gasteiger partial charge < -0.3 is 10.8 Å². The first-order chi connectivity index (χ1) is 5.63. The summed E-state index contributed by atoms with van der Waals surface area (Å²) in [4.78, 5) is 0. The second kappa shape index (κ2) is 4.37. The SMILES string of the molecule is NCC(O)c1cc(Br)cc(Br)c1. The van der Waals surface area contributed by atoms with Gasteiger partial charge in [-0.3, -0.25) is 0 Å². The topological polar surface area (TPSA) is 46.2 Å². The zero-order chi connectivity index (χ0) is 9.14. The van der Waals surface area contributed by atoms with Gasteiger partial charge in [-0.25, -0.2) is 0 Å². The van der Waals surface area contributed by atoms with E-state index in [0.717, 1.165) is 14.5 Å². The molecule has 0 aliphatic rings. The Balaban J connectivity index is 3.00. The lowest BCUT2D eigenvalue weighted by Crippen LogP contribution is -2.11. The standard InChI is InChI=1S/C8H9Br2NO/c9-6-1-5(8(12)4-11)2-7(10)3-6/h1-3,8,12H,4,11H2. The summed E-state index contributed by atoms with van der Waals surface area (Å²) >= 11 is 6.66. The summed E-state index contributed by atoms with van der Waals surface area (Å²) in [5, 5.41) is 9.41. The van der Waals surface area contributed by atoms with Gasteiger partial charge in [0.1, 0.15) is 0 Å². The van der Waals surface area contributed by atoms with E-state index in [1.807, 2.05) is 18.2 Å². The fraction of sp³-hybridized carbons (Fsp3) is 0.250.